The molecule has 0 bridgehead atoms. The molecule has 22 heavy (non-hydrogen) atoms. The molecule has 0 spiro atoms. The molecule has 0 saturated heterocycles. The first-order chi connectivity index (χ1) is 10.6. The van der Waals surface area contributed by atoms with Gasteiger partial charge in [-0.3, -0.25) is 10.1 Å². The molecule has 1 heterocycles. The first kappa shape index (κ1) is 13.6. The average molecular weight is 298 g/mol. The van der Waals surface area contributed by atoms with Gasteiger partial charge in [-0.05, 0) is 36.4 Å². The zero-order valence-electron chi connectivity index (χ0n) is 11.2. The summed E-state index contributed by atoms with van der Waals surface area (Å²) in [5, 5.41) is 11.4. The topological polar surface area (TPSA) is 94.5 Å². The van der Waals surface area contributed by atoms with Gasteiger partial charge in [0.2, 0.25) is 0 Å². The van der Waals surface area contributed by atoms with Crippen LogP contribution in [-0.4, -0.2) is 16.1 Å². The summed E-state index contributed by atoms with van der Waals surface area (Å²) in [6.45, 7) is 0. The Morgan fingerprint density at radius 2 is 1.68 bits per heavy atom. The predicted molar refractivity (Wildman–Crippen MR) is 78.0 cm³/mol. The monoisotopic (exact) mass is 298 g/mol. The van der Waals surface area contributed by atoms with E-state index in [1.54, 1.807) is 24.4 Å². The molecule has 0 atom stereocenters. The third kappa shape index (κ3) is 2.88. The Kier molecular flexibility index (Phi) is 3.45. The number of hydrogen-bond donors (Lipinski definition) is 1. The third-order valence-electron chi connectivity index (χ3n) is 2.97. The van der Waals surface area contributed by atoms with Crippen LogP contribution in [0.3, 0.4) is 0 Å². The molecular weight excluding hydrogens is 288 g/mol. The number of non-ortho nitro benzene ring substituents is 1. The van der Waals surface area contributed by atoms with E-state index < -0.39 is 11.1 Å². The van der Waals surface area contributed by atoms with Crippen molar-refractivity contribution in [2.24, 2.45) is 0 Å². The average Bonchev–Trinajstić information content (AvgIpc) is 2.95. The van der Waals surface area contributed by atoms with E-state index in [-0.39, 0.29) is 11.4 Å². The molecule has 1 N–H and O–H groups in total. The second-order valence-corrected chi connectivity index (χ2v) is 4.43. The summed E-state index contributed by atoms with van der Waals surface area (Å²) in [6.07, 6.45) is 0.868. The Morgan fingerprint density at radius 3 is 2.41 bits per heavy atom. The lowest BCUT2D eigenvalue weighted by Crippen LogP contribution is -2.13. The molecule has 0 aliphatic rings. The Bertz CT molecular complexity index is 839. The highest BCUT2D eigenvalue weighted by Crippen LogP contribution is 2.21. The SMILES string of the molecule is O=C(Oc1ccc([N+](=O)[O-])cc1)Oc1ccc2[nH]ccc2c1. The van der Waals surface area contributed by atoms with Crippen LogP contribution in [0.15, 0.2) is 54.7 Å². The summed E-state index contributed by atoms with van der Waals surface area (Å²) in [4.78, 5) is 24.7. The number of aromatic amines is 1. The van der Waals surface area contributed by atoms with Crippen molar-refractivity contribution in [3.8, 4) is 11.5 Å². The number of benzene rings is 2. The molecule has 0 unspecified atom stereocenters. The molecule has 0 fully saturated rings. The number of nitrogens with zero attached hydrogens (tertiary/aromatic N) is 1. The largest absolute Gasteiger partial charge is 0.519 e. The van der Waals surface area contributed by atoms with Gasteiger partial charge < -0.3 is 14.5 Å². The maximum absolute atomic E-state index is 11.7. The van der Waals surface area contributed by atoms with Crippen LogP contribution in [0.4, 0.5) is 10.5 Å². The number of carbonyl (C=O) groups excluding carboxylic acids is 1. The zero-order chi connectivity index (χ0) is 15.5. The highest BCUT2D eigenvalue weighted by molar-refractivity contribution is 5.81. The van der Waals surface area contributed by atoms with Crippen LogP contribution in [0.25, 0.3) is 10.9 Å². The van der Waals surface area contributed by atoms with Gasteiger partial charge in [0.15, 0.2) is 0 Å². The highest BCUT2D eigenvalue weighted by Gasteiger charge is 2.10. The number of nitro benzene ring substituents is 1. The maximum Gasteiger partial charge on any atom is 0.519 e. The molecular formula is C15H10N2O5. The molecule has 7 heteroatoms. The van der Waals surface area contributed by atoms with Crippen molar-refractivity contribution in [1.29, 1.82) is 0 Å². The Morgan fingerprint density at radius 1 is 1.00 bits per heavy atom. The van der Waals surface area contributed by atoms with Gasteiger partial charge in [-0.2, -0.15) is 0 Å². The van der Waals surface area contributed by atoms with Crippen molar-refractivity contribution in [2.45, 2.75) is 0 Å². The predicted octanol–water partition coefficient (Wildman–Crippen LogP) is 3.65. The molecule has 7 nitrogen and oxygen atoms in total. The summed E-state index contributed by atoms with van der Waals surface area (Å²) in [5.41, 5.74) is 0.842. The normalized spacial score (nSPS) is 10.4. The van der Waals surface area contributed by atoms with Crippen LogP contribution in [-0.2, 0) is 0 Å². The van der Waals surface area contributed by atoms with Gasteiger partial charge in [-0.15, -0.1) is 0 Å². The number of ether oxygens (including phenoxy) is 2. The van der Waals surface area contributed by atoms with Crippen molar-refractivity contribution in [3.05, 3.63) is 64.8 Å². The van der Waals surface area contributed by atoms with Crippen molar-refractivity contribution in [2.75, 3.05) is 0 Å². The minimum atomic E-state index is -0.913. The zero-order valence-corrected chi connectivity index (χ0v) is 11.2. The summed E-state index contributed by atoms with van der Waals surface area (Å²) >= 11 is 0. The van der Waals surface area contributed by atoms with Gasteiger partial charge in [0.05, 0.1) is 4.92 Å². The summed E-state index contributed by atoms with van der Waals surface area (Å²) in [7, 11) is 0. The van der Waals surface area contributed by atoms with Crippen LogP contribution < -0.4 is 9.47 Å². The smallest absolute Gasteiger partial charge is 0.395 e. The fourth-order valence-corrected chi connectivity index (χ4v) is 1.94. The van der Waals surface area contributed by atoms with E-state index >= 15 is 0 Å². The molecule has 3 rings (SSSR count). The van der Waals surface area contributed by atoms with E-state index in [0.717, 1.165) is 10.9 Å². The lowest BCUT2D eigenvalue weighted by atomic mass is 10.2. The second kappa shape index (κ2) is 5.57. The standard InChI is InChI=1S/C15H10N2O5/c18-15(21-12-3-1-11(2-4-12)17(19)20)22-13-5-6-14-10(9-13)7-8-16-14/h1-9,16H. The summed E-state index contributed by atoms with van der Waals surface area (Å²) in [6, 6.07) is 12.1. The first-order valence-corrected chi connectivity index (χ1v) is 6.33. The quantitative estimate of drug-likeness (QED) is 0.344. The second-order valence-electron chi connectivity index (χ2n) is 4.43. The molecule has 110 valence electrons. The van der Waals surface area contributed by atoms with E-state index in [1.807, 2.05) is 6.07 Å². The molecule has 0 aliphatic carbocycles. The molecule has 1 aromatic heterocycles. The fourth-order valence-electron chi connectivity index (χ4n) is 1.94. The third-order valence-corrected chi connectivity index (χ3v) is 2.97. The van der Waals surface area contributed by atoms with Gasteiger partial charge in [0.1, 0.15) is 11.5 Å². The van der Waals surface area contributed by atoms with Crippen molar-refractivity contribution >= 4 is 22.7 Å². The maximum atomic E-state index is 11.7. The number of H-pyrrole nitrogens is 1. The Labute approximate surface area is 124 Å². The number of fused-ring (bicyclic) bond motifs is 1. The highest BCUT2D eigenvalue weighted by atomic mass is 16.7. The Hall–Kier alpha value is -3.35. The van der Waals surface area contributed by atoms with Crippen LogP contribution in [0.1, 0.15) is 0 Å². The number of hydrogen-bond acceptors (Lipinski definition) is 5. The van der Waals surface area contributed by atoms with Crippen molar-refractivity contribution in [3.63, 3.8) is 0 Å². The van der Waals surface area contributed by atoms with Crippen LogP contribution in [0.5, 0.6) is 11.5 Å². The number of aromatic nitrogens is 1. The molecule has 0 radical (unpaired) electrons. The van der Waals surface area contributed by atoms with Gasteiger partial charge in [-0.25, -0.2) is 4.79 Å². The Balaban J connectivity index is 1.67. The van der Waals surface area contributed by atoms with Crippen LogP contribution in [0, 0.1) is 10.1 Å². The van der Waals surface area contributed by atoms with Crippen LogP contribution >= 0.6 is 0 Å². The first-order valence-electron chi connectivity index (χ1n) is 6.33. The van der Waals surface area contributed by atoms with Gasteiger partial charge in [-0.1, -0.05) is 0 Å². The molecule has 3 aromatic rings. The minimum Gasteiger partial charge on any atom is -0.395 e. The summed E-state index contributed by atoms with van der Waals surface area (Å²) in [5.74, 6) is 0.511. The van der Waals surface area contributed by atoms with Crippen molar-refractivity contribution in [1.82, 2.24) is 4.98 Å². The number of carbonyl (C=O) groups is 1. The lowest BCUT2D eigenvalue weighted by Gasteiger charge is -2.05. The van der Waals surface area contributed by atoms with Crippen LogP contribution in [0.2, 0.25) is 0 Å². The van der Waals surface area contributed by atoms with E-state index in [0.29, 0.717) is 5.75 Å². The van der Waals surface area contributed by atoms with Gasteiger partial charge in [0, 0.05) is 29.2 Å². The lowest BCUT2D eigenvalue weighted by molar-refractivity contribution is -0.384. The fraction of sp³-hybridized carbons (Fsp3) is 0. The molecule has 0 aliphatic heterocycles. The van der Waals surface area contributed by atoms with Crippen molar-refractivity contribution < 1.29 is 19.2 Å². The van der Waals surface area contributed by atoms with Gasteiger partial charge >= 0.3 is 6.16 Å². The van der Waals surface area contributed by atoms with E-state index in [1.165, 1.54) is 24.3 Å². The van der Waals surface area contributed by atoms with E-state index in [9.17, 15) is 14.9 Å². The molecule has 2 aromatic carbocycles. The van der Waals surface area contributed by atoms with E-state index in [2.05, 4.69) is 4.98 Å². The van der Waals surface area contributed by atoms with Gasteiger partial charge in [0.25, 0.3) is 5.69 Å². The minimum absolute atomic E-state index is 0.0846. The van der Waals surface area contributed by atoms with E-state index in [4.69, 9.17) is 9.47 Å². The number of nitro groups is 1. The summed E-state index contributed by atoms with van der Waals surface area (Å²) < 4.78 is 10.0. The number of nitrogens with one attached hydrogen (secondary N) is 1. The number of rotatable bonds is 3. The molecule has 0 amide bonds. The molecule has 0 saturated carbocycles.